The van der Waals surface area contributed by atoms with Crippen LogP contribution in [-0.4, -0.2) is 55.4 Å². The van der Waals surface area contributed by atoms with E-state index >= 15 is 0 Å². The Kier molecular flexibility index (Phi) is 3.56. The van der Waals surface area contributed by atoms with Gasteiger partial charge in [-0.15, -0.1) is 15.3 Å². The highest BCUT2D eigenvalue weighted by Crippen LogP contribution is 2.21. The molecule has 8 heteroatoms. The molecule has 1 atom stereocenters. The number of anilines is 1. The zero-order valence-corrected chi connectivity index (χ0v) is 14.5. The van der Waals surface area contributed by atoms with Gasteiger partial charge in [0.15, 0.2) is 11.2 Å². The van der Waals surface area contributed by atoms with Crippen molar-refractivity contribution in [2.45, 2.75) is 19.5 Å². The molecule has 1 aromatic carbocycles. The molecule has 132 valence electrons. The van der Waals surface area contributed by atoms with Crippen LogP contribution in [0.3, 0.4) is 0 Å². The maximum Gasteiger partial charge on any atom is 0.209 e. The molecule has 1 aliphatic rings. The third kappa shape index (κ3) is 2.68. The van der Waals surface area contributed by atoms with Crippen molar-refractivity contribution in [3.63, 3.8) is 0 Å². The number of aromatic nitrogens is 5. The monoisotopic (exact) mass is 349 g/mol. The summed E-state index contributed by atoms with van der Waals surface area (Å²) in [6, 6.07) is 12.2. The van der Waals surface area contributed by atoms with Crippen molar-refractivity contribution >= 4 is 22.6 Å². The lowest BCUT2D eigenvalue weighted by Crippen LogP contribution is -2.52. The van der Waals surface area contributed by atoms with Crippen LogP contribution in [0, 0.1) is 0 Å². The predicted molar refractivity (Wildman–Crippen MR) is 96.9 cm³/mol. The summed E-state index contributed by atoms with van der Waals surface area (Å²) >= 11 is 0. The van der Waals surface area contributed by atoms with Crippen molar-refractivity contribution in [1.29, 1.82) is 0 Å². The van der Waals surface area contributed by atoms with Crippen LogP contribution >= 0.6 is 0 Å². The smallest absolute Gasteiger partial charge is 0.209 e. The average Bonchev–Trinajstić information content (AvgIpc) is 3.27. The fourth-order valence-corrected chi connectivity index (χ4v) is 3.57. The van der Waals surface area contributed by atoms with E-state index in [1.54, 1.807) is 10.8 Å². The van der Waals surface area contributed by atoms with Crippen molar-refractivity contribution < 1.29 is 4.42 Å². The molecule has 4 heterocycles. The number of rotatable bonds is 3. The van der Waals surface area contributed by atoms with Gasteiger partial charge in [0.2, 0.25) is 5.89 Å². The van der Waals surface area contributed by atoms with Gasteiger partial charge in [-0.1, -0.05) is 12.1 Å². The van der Waals surface area contributed by atoms with E-state index in [-0.39, 0.29) is 0 Å². The lowest BCUT2D eigenvalue weighted by Gasteiger charge is -2.39. The van der Waals surface area contributed by atoms with Crippen LogP contribution in [0.4, 0.5) is 5.82 Å². The lowest BCUT2D eigenvalue weighted by atomic mass is 10.2. The molecule has 0 spiro atoms. The number of oxazole rings is 1. The number of fused-ring (bicyclic) bond motifs is 2. The van der Waals surface area contributed by atoms with Gasteiger partial charge in [-0.3, -0.25) is 4.90 Å². The number of nitrogens with zero attached hydrogens (tertiary/aromatic N) is 7. The van der Waals surface area contributed by atoms with Crippen LogP contribution in [0.1, 0.15) is 12.8 Å². The molecule has 5 rings (SSSR count). The molecular formula is C18H19N7O. The second-order valence-corrected chi connectivity index (χ2v) is 6.68. The summed E-state index contributed by atoms with van der Waals surface area (Å²) in [4.78, 5) is 9.29. The third-order valence-corrected chi connectivity index (χ3v) is 4.85. The van der Waals surface area contributed by atoms with Crippen molar-refractivity contribution in [2.75, 3.05) is 24.5 Å². The van der Waals surface area contributed by atoms with Gasteiger partial charge in [0, 0.05) is 25.7 Å². The minimum Gasteiger partial charge on any atom is -0.439 e. The van der Waals surface area contributed by atoms with E-state index in [4.69, 9.17) is 4.42 Å². The van der Waals surface area contributed by atoms with E-state index in [9.17, 15) is 0 Å². The molecule has 26 heavy (non-hydrogen) atoms. The van der Waals surface area contributed by atoms with Crippen molar-refractivity contribution in [3.05, 3.63) is 48.6 Å². The van der Waals surface area contributed by atoms with Crippen molar-refractivity contribution in [3.8, 4) is 0 Å². The number of benzene rings is 1. The molecular weight excluding hydrogens is 330 g/mol. The summed E-state index contributed by atoms with van der Waals surface area (Å²) in [5.41, 5.74) is 2.53. The van der Waals surface area contributed by atoms with Gasteiger partial charge in [-0.2, -0.15) is 4.52 Å². The van der Waals surface area contributed by atoms with Crippen LogP contribution in [-0.2, 0) is 6.54 Å². The zero-order chi connectivity index (χ0) is 17.5. The number of piperazine rings is 1. The Balaban J connectivity index is 1.30. The molecule has 1 aliphatic heterocycles. The molecule has 0 N–H and O–H groups in total. The number of hydrogen-bond acceptors (Lipinski definition) is 7. The minimum absolute atomic E-state index is 0.342. The SMILES string of the molecule is CC1CN(Cc2nc3ccccc3o2)CCN1c1ccc2nncn2n1. The predicted octanol–water partition coefficient (Wildman–Crippen LogP) is 1.98. The second-order valence-electron chi connectivity index (χ2n) is 6.68. The first kappa shape index (κ1) is 15.3. The highest BCUT2D eigenvalue weighted by molar-refractivity contribution is 5.72. The van der Waals surface area contributed by atoms with E-state index in [0.717, 1.165) is 54.6 Å². The summed E-state index contributed by atoms with van der Waals surface area (Å²) in [5, 5.41) is 12.5. The highest BCUT2D eigenvalue weighted by Gasteiger charge is 2.26. The van der Waals surface area contributed by atoms with Crippen molar-refractivity contribution in [1.82, 2.24) is 29.7 Å². The normalized spacial score (nSPS) is 18.8. The summed E-state index contributed by atoms with van der Waals surface area (Å²) in [7, 11) is 0. The molecule has 1 unspecified atom stereocenters. The lowest BCUT2D eigenvalue weighted by molar-refractivity contribution is 0.203. The Morgan fingerprint density at radius 1 is 1.15 bits per heavy atom. The van der Waals surface area contributed by atoms with Crippen LogP contribution < -0.4 is 4.90 Å². The Hall–Kier alpha value is -3.00. The van der Waals surface area contributed by atoms with Gasteiger partial charge in [-0.25, -0.2) is 4.98 Å². The first-order valence-electron chi connectivity index (χ1n) is 8.77. The van der Waals surface area contributed by atoms with E-state index in [2.05, 4.69) is 37.0 Å². The van der Waals surface area contributed by atoms with E-state index in [1.165, 1.54) is 0 Å². The third-order valence-electron chi connectivity index (χ3n) is 4.85. The molecule has 4 aromatic rings. The molecule has 0 aliphatic carbocycles. The Morgan fingerprint density at radius 3 is 2.96 bits per heavy atom. The Morgan fingerprint density at radius 2 is 2.08 bits per heavy atom. The molecule has 1 fully saturated rings. The molecule has 1 saturated heterocycles. The molecule has 0 bridgehead atoms. The fourth-order valence-electron chi connectivity index (χ4n) is 3.57. The Labute approximate surface area is 150 Å². The van der Waals surface area contributed by atoms with Gasteiger partial charge in [0.25, 0.3) is 0 Å². The summed E-state index contributed by atoms with van der Waals surface area (Å²) in [5.74, 6) is 1.72. The average molecular weight is 349 g/mol. The van der Waals surface area contributed by atoms with Gasteiger partial charge in [-0.05, 0) is 31.2 Å². The Bertz CT molecular complexity index is 1020. The summed E-state index contributed by atoms with van der Waals surface area (Å²) < 4.78 is 7.58. The van der Waals surface area contributed by atoms with Gasteiger partial charge >= 0.3 is 0 Å². The van der Waals surface area contributed by atoms with E-state index in [1.807, 2.05) is 36.4 Å². The van der Waals surface area contributed by atoms with E-state index < -0.39 is 0 Å². The van der Waals surface area contributed by atoms with Gasteiger partial charge in [0.05, 0.1) is 6.54 Å². The molecule has 0 amide bonds. The standard InChI is InChI=1S/C18H19N7O/c1-13-10-23(11-18-20-14-4-2-3-5-15(14)26-18)8-9-24(13)17-7-6-16-21-19-12-25(16)22-17/h2-7,12-13H,8-11H2,1H3. The maximum absolute atomic E-state index is 5.86. The molecule has 0 radical (unpaired) electrons. The largest absolute Gasteiger partial charge is 0.439 e. The van der Waals surface area contributed by atoms with Crippen LogP contribution in [0.25, 0.3) is 16.7 Å². The fraction of sp³-hybridized carbons (Fsp3) is 0.333. The van der Waals surface area contributed by atoms with Crippen LogP contribution in [0.15, 0.2) is 47.1 Å². The second kappa shape index (κ2) is 6.06. The number of para-hydroxylation sites is 2. The van der Waals surface area contributed by atoms with Crippen LogP contribution in [0.5, 0.6) is 0 Å². The van der Waals surface area contributed by atoms with E-state index in [0.29, 0.717) is 6.04 Å². The van der Waals surface area contributed by atoms with Gasteiger partial charge < -0.3 is 9.32 Å². The van der Waals surface area contributed by atoms with Crippen molar-refractivity contribution in [2.24, 2.45) is 0 Å². The quantitative estimate of drug-likeness (QED) is 0.560. The summed E-state index contributed by atoms with van der Waals surface area (Å²) in [6.07, 6.45) is 1.63. The zero-order valence-electron chi connectivity index (χ0n) is 14.5. The first-order chi connectivity index (χ1) is 12.8. The minimum atomic E-state index is 0.342. The topological polar surface area (TPSA) is 75.6 Å². The van der Waals surface area contributed by atoms with Gasteiger partial charge in [0.1, 0.15) is 17.7 Å². The number of hydrogen-bond donors (Lipinski definition) is 0. The first-order valence-corrected chi connectivity index (χ1v) is 8.77. The maximum atomic E-state index is 5.86. The van der Waals surface area contributed by atoms with Crippen LogP contribution in [0.2, 0.25) is 0 Å². The summed E-state index contributed by atoms with van der Waals surface area (Å²) in [6.45, 7) is 5.72. The highest BCUT2D eigenvalue weighted by atomic mass is 16.3. The molecule has 0 saturated carbocycles. The molecule has 3 aromatic heterocycles. The molecule has 8 nitrogen and oxygen atoms in total.